The topological polar surface area (TPSA) is 78.5 Å². The highest BCUT2D eigenvalue weighted by Crippen LogP contribution is 2.25. The van der Waals surface area contributed by atoms with Crippen molar-refractivity contribution in [2.45, 2.75) is 12.8 Å². The monoisotopic (exact) mass is 329 g/mol. The van der Waals surface area contributed by atoms with E-state index >= 15 is 0 Å². The van der Waals surface area contributed by atoms with Crippen molar-refractivity contribution in [3.8, 4) is 0 Å². The van der Waals surface area contributed by atoms with Crippen molar-refractivity contribution < 1.29 is 14.4 Å². The molecule has 0 saturated carbocycles. The third-order valence-corrected chi connectivity index (χ3v) is 4.42. The van der Waals surface area contributed by atoms with Crippen molar-refractivity contribution in [1.82, 2.24) is 10.9 Å². The Hall–Kier alpha value is -2.67. The fourth-order valence-corrected chi connectivity index (χ4v) is 3.07. The van der Waals surface area contributed by atoms with Gasteiger partial charge < -0.3 is 4.90 Å². The van der Waals surface area contributed by atoms with Crippen molar-refractivity contribution in [2.75, 3.05) is 11.4 Å². The smallest absolute Gasteiger partial charge is 0.279 e. The molecule has 0 aliphatic carbocycles. The molecule has 0 radical (unpaired) electrons. The number of rotatable bonds is 3. The normalized spacial score (nSPS) is 13.9. The van der Waals surface area contributed by atoms with Crippen LogP contribution >= 0.6 is 11.3 Å². The second kappa shape index (κ2) is 6.62. The van der Waals surface area contributed by atoms with Gasteiger partial charge in [-0.25, -0.2) is 0 Å². The van der Waals surface area contributed by atoms with Gasteiger partial charge in [0.05, 0.1) is 16.1 Å². The van der Waals surface area contributed by atoms with E-state index in [-0.39, 0.29) is 11.8 Å². The highest BCUT2D eigenvalue weighted by atomic mass is 32.1. The number of nitrogens with one attached hydrogen (secondary N) is 2. The van der Waals surface area contributed by atoms with Crippen LogP contribution in [0.15, 0.2) is 41.8 Å². The summed E-state index contributed by atoms with van der Waals surface area (Å²) >= 11 is 1.29. The highest BCUT2D eigenvalue weighted by Gasteiger charge is 2.25. The van der Waals surface area contributed by atoms with E-state index in [4.69, 9.17) is 0 Å². The molecule has 6 nitrogen and oxygen atoms in total. The maximum absolute atomic E-state index is 12.3. The first kappa shape index (κ1) is 15.2. The molecule has 1 aromatic heterocycles. The summed E-state index contributed by atoms with van der Waals surface area (Å²) in [6.07, 6.45) is 1.27. The molecular formula is C16H15N3O3S. The third kappa shape index (κ3) is 3.24. The van der Waals surface area contributed by atoms with Crippen LogP contribution < -0.4 is 15.8 Å². The summed E-state index contributed by atoms with van der Waals surface area (Å²) in [5.41, 5.74) is 5.70. The number of hydrogen-bond donors (Lipinski definition) is 2. The Kier molecular flexibility index (Phi) is 4.38. The van der Waals surface area contributed by atoms with Gasteiger partial charge in [0.25, 0.3) is 11.8 Å². The predicted octanol–water partition coefficient (Wildman–Crippen LogP) is 1.95. The molecule has 1 aliphatic rings. The number of benzene rings is 1. The number of hydrazine groups is 1. The molecule has 1 saturated heterocycles. The van der Waals surface area contributed by atoms with Crippen LogP contribution in [0.3, 0.4) is 0 Å². The van der Waals surface area contributed by atoms with Gasteiger partial charge in [0.15, 0.2) is 0 Å². The van der Waals surface area contributed by atoms with Crippen LogP contribution in [0, 0.1) is 0 Å². The maximum Gasteiger partial charge on any atom is 0.279 e. The molecule has 0 atom stereocenters. The van der Waals surface area contributed by atoms with Crippen LogP contribution in [0.4, 0.5) is 5.69 Å². The molecule has 7 heteroatoms. The van der Waals surface area contributed by atoms with Crippen LogP contribution in [-0.4, -0.2) is 24.3 Å². The van der Waals surface area contributed by atoms with Crippen molar-refractivity contribution in [1.29, 1.82) is 0 Å². The molecular weight excluding hydrogens is 314 g/mol. The number of nitrogens with zero attached hydrogens (tertiary/aromatic N) is 1. The van der Waals surface area contributed by atoms with Gasteiger partial charge in [0, 0.05) is 13.0 Å². The van der Waals surface area contributed by atoms with Crippen LogP contribution in [-0.2, 0) is 4.79 Å². The van der Waals surface area contributed by atoms with Gasteiger partial charge in [-0.2, -0.15) is 0 Å². The Morgan fingerprint density at radius 2 is 1.83 bits per heavy atom. The predicted molar refractivity (Wildman–Crippen MR) is 87.3 cm³/mol. The minimum Gasteiger partial charge on any atom is -0.312 e. The lowest BCUT2D eigenvalue weighted by Gasteiger charge is -2.19. The van der Waals surface area contributed by atoms with E-state index in [0.29, 0.717) is 29.1 Å². The molecule has 0 unspecified atom stereocenters. The van der Waals surface area contributed by atoms with Gasteiger partial charge in [0.1, 0.15) is 0 Å². The third-order valence-electron chi connectivity index (χ3n) is 3.55. The zero-order valence-electron chi connectivity index (χ0n) is 12.2. The van der Waals surface area contributed by atoms with Crippen LogP contribution in [0.25, 0.3) is 0 Å². The van der Waals surface area contributed by atoms with Gasteiger partial charge >= 0.3 is 0 Å². The molecule has 0 spiro atoms. The van der Waals surface area contributed by atoms with Gasteiger partial charge in [0.2, 0.25) is 5.91 Å². The minimum atomic E-state index is -0.454. The van der Waals surface area contributed by atoms with Crippen molar-refractivity contribution >= 4 is 34.7 Å². The van der Waals surface area contributed by atoms with Gasteiger partial charge in [-0.1, -0.05) is 18.2 Å². The number of amides is 3. The standard InChI is InChI=1S/C16H15N3O3S/c20-14-8-3-9-19(14)12-6-2-1-5-11(12)15(21)17-18-16(22)13-7-4-10-23-13/h1-2,4-7,10H,3,8-9H2,(H,17,21)(H,18,22). The first-order valence-electron chi connectivity index (χ1n) is 7.20. The van der Waals surface area contributed by atoms with E-state index < -0.39 is 5.91 Å². The molecule has 3 rings (SSSR count). The Morgan fingerprint density at radius 3 is 2.52 bits per heavy atom. The number of anilines is 1. The van der Waals surface area contributed by atoms with Crippen molar-refractivity contribution in [3.63, 3.8) is 0 Å². The lowest BCUT2D eigenvalue weighted by molar-refractivity contribution is -0.117. The van der Waals surface area contributed by atoms with Gasteiger partial charge in [-0.05, 0) is 30.0 Å². The lowest BCUT2D eigenvalue weighted by Crippen LogP contribution is -2.42. The van der Waals surface area contributed by atoms with E-state index in [1.807, 2.05) is 0 Å². The second-order valence-corrected chi connectivity index (χ2v) is 6.00. The maximum atomic E-state index is 12.3. The van der Waals surface area contributed by atoms with Gasteiger partial charge in [-0.3, -0.25) is 25.2 Å². The average molecular weight is 329 g/mol. The number of carbonyl (C=O) groups excluding carboxylic acids is 3. The van der Waals surface area contributed by atoms with E-state index in [2.05, 4.69) is 10.9 Å². The van der Waals surface area contributed by atoms with Crippen LogP contribution in [0.1, 0.15) is 32.9 Å². The summed E-state index contributed by atoms with van der Waals surface area (Å²) in [5.74, 6) is -0.818. The number of para-hydroxylation sites is 1. The molecule has 3 amide bonds. The minimum absolute atomic E-state index is 0.00729. The lowest BCUT2D eigenvalue weighted by atomic mass is 10.1. The molecule has 1 aliphatic heterocycles. The summed E-state index contributed by atoms with van der Waals surface area (Å²) < 4.78 is 0. The molecule has 2 heterocycles. The Morgan fingerprint density at radius 1 is 1.04 bits per heavy atom. The quantitative estimate of drug-likeness (QED) is 0.845. The van der Waals surface area contributed by atoms with Crippen molar-refractivity contribution in [3.05, 3.63) is 52.2 Å². The summed E-state index contributed by atoms with van der Waals surface area (Å²) in [5, 5.41) is 1.78. The molecule has 118 valence electrons. The van der Waals surface area contributed by atoms with E-state index in [0.717, 1.165) is 6.42 Å². The number of carbonyl (C=O) groups is 3. The number of hydrogen-bond acceptors (Lipinski definition) is 4. The molecule has 1 fully saturated rings. The first-order valence-corrected chi connectivity index (χ1v) is 8.08. The zero-order chi connectivity index (χ0) is 16.2. The first-order chi connectivity index (χ1) is 11.2. The summed E-state index contributed by atoms with van der Waals surface area (Å²) in [7, 11) is 0. The average Bonchev–Trinajstić information content (AvgIpc) is 3.23. The Bertz CT molecular complexity index is 743. The zero-order valence-corrected chi connectivity index (χ0v) is 13.1. The summed E-state index contributed by atoms with van der Waals surface area (Å²) in [6.45, 7) is 0.602. The molecule has 0 bridgehead atoms. The van der Waals surface area contributed by atoms with Crippen molar-refractivity contribution in [2.24, 2.45) is 0 Å². The van der Waals surface area contributed by atoms with Crippen LogP contribution in [0.2, 0.25) is 0 Å². The SMILES string of the molecule is O=C(NNC(=O)c1ccccc1N1CCCC1=O)c1cccs1. The highest BCUT2D eigenvalue weighted by molar-refractivity contribution is 7.12. The second-order valence-electron chi connectivity index (χ2n) is 5.05. The molecule has 1 aromatic carbocycles. The van der Waals surface area contributed by atoms with E-state index in [9.17, 15) is 14.4 Å². The Labute approximate surface area is 137 Å². The summed E-state index contributed by atoms with van der Waals surface area (Å²) in [4.78, 5) is 38.2. The Balaban J connectivity index is 1.72. The van der Waals surface area contributed by atoms with Gasteiger partial charge in [-0.15, -0.1) is 11.3 Å². The number of thiophene rings is 1. The molecule has 2 N–H and O–H groups in total. The summed E-state index contributed by atoms with van der Waals surface area (Å²) in [6, 6.07) is 10.3. The fraction of sp³-hybridized carbons (Fsp3) is 0.188. The van der Waals surface area contributed by atoms with E-state index in [1.165, 1.54) is 11.3 Å². The fourth-order valence-electron chi connectivity index (χ4n) is 2.45. The molecule has 23 heavy (non-hydrogen) atoms. The largest absolute Gasteiger partial charge is 0.312 e. The van der Waals surface area contributed by atoms with Crippen LogP contribution in [0.5, 0.6) is 0 Å². The van der Waals surface area contributed by atoms with E-state index in [1.54, 1.807) is 46.7 Å². The molecule has 2 aromatic rings.